The van der Waals surface area contributed by atoms with Gasteiger partial charge in [0.1, 0.15) is 0 Å². The van der Waals surface area contributed by atoms with Gasteiger partial charge in [0.2, 0.25) is 11.7 Å². The predicted molar refractivity (Wildman–Crippen MR) is 43.3 cm³/mol. The van der Waals surface area contributed by atoms with E-state index in [0.29, 0.717) is 11.7 Å². The number of aromatic nitrogens is 2. The molecule has 0 fully saturated rings. The fraction of sp³-hybridized carbons (Fsp3) is 0.111. The van der Waals surface area contributed by atoms with Gasteiger partial charge in [-0.1, -0.05) is 29.4 Å². The summed E-state index contributed by atoms with van der Waals surface area (Å²) in [4.78, 5) is 4.07. The highest BCUT2D eigenvalue weighted by atomic mass is 16.5. The van der Waals surface area contributed by atoms with E-state index in [4.69, 9.17) is 4.52 Å². The van der Waals surface area contributed by atoms with Gasteiger partial charge in [-0.05, 0) is 6.07 Å². The van der Waals surface area contributed by atoms with E-state index < -0.39 is 0 Å². The van der Waals surface area contributed by atoms with Crippen molar-refractivity contribution in [3.8, 4) is 11.4 Å². The van der Waals surface area contributed by atoms with Crippen LogP contribution in [0.25, 0.3) is 11.4 Å². The second-order valence-corrected chi connectivity index (χ2v) is 2.41. The number of benzene rings is 1. The van der Waals surface area contributed by atoms with E-state index in [-0.39, 0.29) is 0 Å². The molecule has 0 saturated heterocycles. The Morgan fingerprint density at radius 3 is 2.92 bits per heavy atom. The van der Waals surface area contributed by atoms with Crippen molar-refractivity contribution in [1.29, 1.82) is 0 Å². The van der Waals surface area contributed by atoms with Crippen molar-refractivity contribution >= 4 is 0 Å². The first-order chi connectivity index (χ1) is 5.86. The standard InChI is InChI=1S/C9H7N2O/c1-7-10-9(11-12-7)8-5-3-2-4-6-8/h2-5H,1H3. The van der Waals surface area contributed by atoms with E-state index in [2.05, 4.69) is 16.2 Å². The zero-order valence-electron chi connectivity index (χ0n) is 6.61. The Morgan fingerprint density at radius 2 is 2.33 bits per heavy atom. The SMILES string of the molecule is Cc1nc(-c2[c]cccc2)no1. The number of hydrogen-bond acceptors (Lipinski definition) is 3. The van der Waals surface area contributed by atoms with Crippen LogP contribution in [0.5, 0.6) is 0 Å². The minimum atomic E-state index is 0.572. The molecule has 0 amide bonds. The average molecular weight is 159 g/mol. The van der Waals surface area contributed by atoms with Gasteiger partial charge >= 0.3 is 0 Å². The van der Waals surface area contributed by atoms with E-state index >= 15 is 0 Å². The lowest BCUT2D eigenvalue weighted by Crippen LogP contribution is -1.79. The largest absolute Gasteiger partial charge is 0.339 e. The molecular formula is C9H7N2O. The summed E-state index contributed by atoms with van der Waals surface area (Å²) >= 11 is 0. The Hall–Kier alpha value is -1.64. The van der Waals surface area contributed by atoms with Gasteiger partial charge in [-0.25, -0.2) is 0 Å². The summed E-state index contributed by atoms with van der Waals surface area (Å²) in [6.45, 7) is 1.76. The van der Waals surface area contributed by atoms with E-state index in [9.17, 15) is 0 Å². The molecule has 0 N–H and O–H groups in total. The Kier molecular flexibility index (Phi) is 1.63. The third kappa shape index (κ3) is 1.21. The third-order valence-corrected chi connectivity index (χ3v) is 1.48. The zero-order valence-corrected chi connectivity index (χ0v) is 6.61. The molecule has 0 spiro atoms. The van der Waals surface area contributed by atoms with Crippen molar-refractivity contribution in [2.75, 3.05) is 0 Å². The number of rotatable bonds is 1. The van der Waals surface area contributed by atoms with Crippen molar-refractivity contribution in [3.05, 3.63) is 36.2 Å². The molecule has 59 valence electrons. The quantitative estimate of drug-likeness (QED) is 0.637. The van der Waals surface area contributed by atoms with E-state index in [1.165, 1.54) is 0 Å². The molecule has 0 aliphatic rings. The molecule has 1 heterocycles. The molecule has 3 nitrogen and oxygen atoms in total. The van der Waals surface area contributed by atoms with Gasteiger partial charge in [0.05, 0.1) is 0 Å². The molecule has 2 rings (SSSR count). The Bertz CT molecular complexity index is 367. The van der Waals surface area contributed by atoms with Gasteiger partial charge in [0, 0.05) is 12.5 Å². The topological polar surface area (TPSA) is 38.9 Å². The van der Waals surface area contributed by atoms with Crippen LogP contribution >= 0.6 is 0 Å². The first kappa shape index (κ1) is 7.03. The summed E-state index contributed by atoms with van der Waals surface area (Å²) < 4.78 is 4.84. The highest BCUT2D eigenvalue weighted by molar-refractivity contribution is 5.52. The van der Waals surface area contributed by atoms with Crippen LogP contribution in [0.2, 0.25) is 0 Å². The number of aryl methyl sites for hydroxylation is 1. The highest BCUT2D eigenvalue weighted by Crippen LogP contribution is 2.13. The minimum absolute atomic E-state index is 0.572. The summed E-state index contributed by atoms with van der Waals surface area (Å²) in [5.41, 5.74) is 0.856. The molecule has 1 aromatic heterocycles. The summed E-state index contributed by atoms with van der Waals surface area (Å²) in [6, 6.07) is 10.5. The Morgan fingerprint density at radius 1 is 1.42 bits per heavy atom. The molecule has 1 aromatic carbocycles. The first-order valence-electron chi connectivity index (χ1n) is 3.63. The van der Waals surface area contributed by atoms with Crippen LogP contribution in [0.3, 0.4) is 0 Å². The van der Waals surface area contributed by atoms with Crippen LogP contribution in [0.4, 0.5) is 0 Å². The molecule has 0 saturated carbocycles. The summed E-state index contributed by atoms with van der Waals surface area (Å²) in [5.74, 6) is 1.16. The summed E-state index contributed by atoms with van der Waals surface area (Å²) in [5, 5.41) is 3.77. The smallest absolute Gasteiger partial charge is 0.223 e. The second kappa shape index (κ2) is 2.77. The summed E-state index contributed by atoms with van der Waals surface area (Å²) in [7, 11) is 0. The summed E-state index contributed by atoms with van der Waals surface area (Å²) in [6.07, 6.45) is 0. The normalized spacial score (nSPS) is 10.1. The van der Waals surface area contributed by atoms with Gasteiger partial charge in [-0.2, -0.15) is 4.98 Å². The Labute approximate surface area is 70.0 Å². The maximum Gasteiger partial charge on any atom is 0.223 e. The van der Waals surface area contributed by atoms with Crippen molar-refractivity contribution in [2.45, 2.75) is 6.92 Å². The first-order valence-corrected chi connectivity index (χ1v) is 3.63. The van der Waals surface area contributed by atoms with E-state index in [1.807, 2.05) is 24.3 Å². The molecule has 2 aromatic rings. The second-order valence-electron chi connectivity index (χ2n) is 2.41. The minimum Gasteiger partial charge on any atom is -0.339 e. The molecule has 1 radical (unpaired) electrons. The zero-order chi connectivity index (χ0) is 8.39. The molecule has 3 heteroatoms. The van der Waals surface area contributed by atoms with Crippen LogP contribution in [-0.4, -0.2) is 10.1 Å². The van der Waals surface area contributed by atoms with Crippen molar-refractivity contribution < 1.29 is 4.52 Å². The number of hydrogen-bond donors (Lipinski definition) is 0. The van der Waals surface area contributed by atoms with Crippen LogP contribution in [-0.2, 0) is 0 Å². The molecule has 12 heavy (non-hydrogen) atoms. The van der Waals surface area contributed by atoms with E-state index in [1.54, 1.807) is 6.92 Å². The van der Waals surface area contributed by atoms with Gasteiger partial charge < -0.3 is 4.52 Å². The van der Waals surface area contributed by atoms with Gasteiger partial charge in [-0.15, -0.1) is 0 Å². The molecular weight excluding hydrogens is 152 g/mol. The van der Waals surface area contributed by atoms with Crippen LogP contribution in [0.15, 0.2) is 28.8 Å². The fourth-order valence-electron chi connectivity index (χ4n) is 0.941. The predicted octanol–water partition coefficient (Wildman–Crippen LogP) is 1.85. The van der Waals surface area contributed by atoms with Crippen LogP contribution in [0.1, 0.15) is 5.89 Å². The monoisotopic (exact) mass is 159 g/mol. The maximum atomic E-state index is 4.84. The highest BCUT2D eigenvalue weighted by Gasteiger charge is 2.03. The Balaban J connectivity index is 2.45. The van der Waals surface area contributed by atoms with Crippen molar-refractivity contribution in [1.82, 2.24) is 10.1 Å². The average Bonchev–Trinajstić information content (AvgIpc) is 2.54. The third-order valence-electron chi connectivity index (χ3n) is 1.48. The van der Waals surface area contributed by atoms with E-state index in [0.717, 1.165) is 5.56 Å². The lowest BCUT2D eigenvalue weighted by molar-refractivity contribution is 0.394. The molecule has 0 unspecified atom stereocenters. The molecule has 0 bridgehead atoms. The van der Waals surface area contributed by atoms with Gasteiger partial charge in [0.15, 0.2) is 0 Å². The van der Waals surface area contributed by atoms with Gasteiger partial charge in [0.25, 0.3) is 0 Å². The molecule has 0 aliphatic heterocycles. The van der Waals surface area contributed by atoms with Crippen molar-refractivity contribution in [2.24, 2.45) is 0 Å². The van der Waals surface area contributed by atoms with Crippen LogP contribution in [0, 0.1) is 13.0 Å². The lowest BCUT2D eigenvalue weighted by atomic mass is 10.2. The van der Waals surface area contributed by atoms with Crippen molar-refractivity contribution in [3.63, 3.8) is 0 Å². The fourth-order valence-corrected chi connectivity index (χ4v) is 0.941. The lowest BCUT2D eigenvalue weighted by Gasteiger charge is -1.88. The van der Waals surface area contributed by atoms with Gasteiger partial charge in [-0.3, -0.25) is 0 Å². The molecule has 0 atom stereocenters. The molecule has 0 aliphatic carbocycles. The maximum absolute atomic E-state index is 4.84. The van der Waals surface area contributed by atoms with Crippen LogP contribution < -0.4 is 0 Å². The number of nitrogens with zero attached hydrogens (tertiary/aromatic N) is 2.